The fourth-order valence-corrected chi connectivity index (χ4v) is 2.33. The number of rotatable bonds is 6. The van der Waals surface area contributed by atoms with Crippen molar-refractivity contribution in [3.05, 3.63) is 78.9 Å². The maximum absolute atomic E-state index is 12.4. The molecule has 3 aromatic rings. The standard InChI is InChI=1S/C19H19N3O2/c1-21(13-14-24-18-5-3-2-4-6-18)19(23)16-7-9-17(10-8-16)22-12-11-20-15-22/h2-12,15H,13-14H2,1H3. The van der Waals surface area contributed by atoms with E-state index in [1.165, 1.54) is 0 Å². The molecular formula is C19H19N3O2. The molecule has 5 nitrogen and oxygen atoms in total. The summed E-state index contributed by atoms with van der Waals surface area (Å²) in [4.78, 5) is 18.1. The van der Waals surface area contributed by atoms with Crippen molar-refractivity contribution in [2.45, 2.75) is 0 Å². The van der Waals surface area contributed by atoms with Gasteiger partial charge in [-0.05, 0) is 36.4 Å². The van der Waals surface area contributed by atoms with Gasteiger partial charge < -0.3 is 14.2 Å². The zero-order chi connectivity index (χ0) is 16.8. The highest BCUT2D eigenvalue weighted by Crippen LogP contribution is 2.11. The third kappa shape index (κ3) is 3.81. The van der Waals surface area contributed by atoms with E-state index in [4.69, 9.17) is 4.74 Å². The average Bonchev–Trinajstić information content (AvgIpc) is 3.17. The zero-order valence-corrected chi connectivity index (χ0v) is 13.5. The summed E-state index contributed by atoms with van der Waals surface area (Å²) in [5, 5.41) is 0. The van der Waals surface area contributed by atoms with Crippen molar-refractivity contribution in [1.29, 1.82) is 0 Å². The number of para-hydroxylation sites is 1. The van der Waals surface area contributed by atoms with Crippen molar-refractivity contribution in [3.8, 4) is 11.4 Å². The SMILES string of the molecule is CN(CCOc1ccccc1)C(=O)c1ccc(-n2ccnc2)cc1. The topological polar surface area (TPSA) is 47.4 Å². The first kappa shape index (κ1) is 15.8. The van der Waals surface area contributed by atoms with Gasteiger partial charge in [-0.15, -0.1) is 0 Å². The van der Waals surface area contributed by atoms with Gasteiger partial charge in [0.05, 0.1) is 12.9 Å². The minimum atomic E-state index is -0.0242. The van der Waals surface area contributed by atoms with Crippen LogP contribution in [0.5, 0.6) is 5.75 Å². The van der Waals surface area contributed by atoms with E-state index in [1.807, 2.05) is 65.4 Å². The Labute approximate surface area is 141 Å². The molecule has 1 amide bonds. The minimum Gasteiger partial charge on any atom is -0.492 e. The third-order valence-corrected chi connectivity index (χ3v) is 3.70. The number of carbonyl (C=O) groups is 1. The Morgan fingerprint density at radius 3 is 2.54 bits per heavy atom. The summed E-state index contributed by atoms with van der Waals surface area (Å²) in [6, 6.07) is 17.0. The number of hydrogen-bond acceptors (Lipinski definition) is 3. The second kappa shape index (κ2) is 7.46. The zero-order valence-electron chi connectivity index (χ0n) is 13.5. The second-order valence-corrected chi connectivity index (χ2v) is 5.41. The Morgan fingerprint density at radius 1 is 1.12 bits per heavy atom. The van der Waals surface area contributed by atoms with Gasteiger partial charge in [-0.1, -0.05) is 18.2 Å². The molecule has 3 rings (SSSR count). The van der Waals surface area contributed by atoms with Crippen molar-refractivity contribution in [3.63, 3.8) is 0 Å². The van der Waals surface area contributed by atoms with Crippen molar-refractivity contribution < 1.29 is 9.53 Å². The summed E-state index contributed by atoms with van der Waals surface area (Å²) >= 11 is 0. The maximum Gasteiger partial charge on any atom is 0.253 e. The van der Waals surface area contributed by atoms with E-state index in [-0.39, 0.29) is 5.91 Å². The van der Waals surface area contributed by atoms with E-state index in [0.29, 0.717) is 18.7 Å². The van der Waals surface area contributed by atoms with Gasteiger partial charge in [0.15, 0.2) is 0 Å². The van der Waals surface area contributed by atoms with Crippen LogP contribution < -0.4 is 4.74 Å². The summed E-state index contributed by atoms with van der Waals surface area (Å²) in [6.45, 7) is 0.983. The second-order valence-electron chi connectivity index (χ2n) is 5.41. The molecule has 0 aliphatic carbocycles. The molecule has 0 atom stereocenters. The predicted octanol–water partition coefficient (Wildman–Crippen LogP) is 3.02. The number of benzene rings is 2. The van der Waals surface area contributed by atoms with Crippen LogP contribution in [0.2, 0.25) is 0 Å². The number of carbonyl (C=O) groups excluding carboxylic acids is 1. The highest BCUT2D eigenvalue weighted by molar-refractivity contribution is 5.94. The number of aromatic nitrogens is 2. The summed E-state index contributed by atoms with van der Waals surface area (Å²) in [6.07, 6.45) is 5.31. The van der Waals surface area contributed by atoms with E-state index >= 15 is 0 Å². The Bertz CT molecular complexity index is 768. The lowest BCUT2D eigenvalue weighted by atomic mass is 10.2. The molecule has 24 heavy (non-hydrogen) atoms. The van der Waals surface area contributed by atoms with Crippen LogP contribution in [0.1, 0.15) is 10.4 Å². The first-order valence-corrected chi connectivity index (χ1v) is 7.76. The quantitative estimate of drug-likeness (QED) is 0.701. The van der Waals surface area contributed by atoms with Crippen molar-refractivity contribution in [2.24, 2.45) is 0 Å². The first-order chi connectivity index (χ1) is 11.7. The third-order valence-electron chi connectivity index (χ3n) is 3.70. The van der Waals surface area contributed by atoms with E-state index in [1.54, 1.807) is 24.5 Å². The van der Waals surface area contributed by atoms with Gasteiger partial charge in [0.2, 0.25) is 0 Å². The van der Waals surface area contributed by atoms with Gasteiger partial charge >= 0.3 is 0 Å². The van der Waals surface area contributed by atoms with Crippen LogP contribution in [0.3, 0.4) is 0 Å². The summed E-state index contributed by atoms with van der Waals surface area (Å²) in [5.74, 6) is 0.784. The lowest BCUT2D eigenvalue weighted by molar-refractivity contribution is 0.0774. The van der Waals surface area contributed by atoms with Crippen molar-refractivity contribution in [1.82, 2.24) is 14.5 Å². The number of imidazole rings is 1. The van der Waals surface area contributed by atoms with Gasteiger partial charge in [0.25, 0.3) is 5.91 Å². The highest BCUT2D eigenvalue weighted by atomic mass is 16.5. The molecule has 2 aromatic carbocycles. The monoisotopic (exact) mass is 321 g/mol. The molecule has 0 aliphatic heterocycles. The highest BCUT2D eigenvalue weighted by Gasteiger charge is 2.11. The fraction of sp³-hybridized carbons (Fsp3) is 0.158. The summed E-state index contributed by atoms with van der Waals surface area (Å²) < 4.78 is 7.52. The van der Waals surface area contributed by atoms with Crippen LogP contribution in [0.4, 0.5) is 0 Å². The number of amides is 1. The van der Waals surface area contributed by atoms with Gasteiger partial charge in [-0.25, -0.2) is 4.98 Å². The molecule has 0 saturated heterocycles. The van der Waals surface area contributed by atoms with Gasteiger partial charge in [-0.2, -0.15) is 0 Å². The van der Waals surface area contributed by atoms with E-state index in [2.05, 4.69) is 4.98 Å². The number of nitrogens with zero attached hydrogens (tertiary/aromatic N) is 3. The van der Waals surface area contributed by atoms with E-state index in [0.717, 1.165) is 11.4 Å². The number of hydrogen-bond donors (Lipinski definition) is 0. The molecule has 0 aliphatic rings. The molecule has 0 radical (unpaired) electrons. The van der Waals surface area contributed by atoms with Crippen LogP contribution in [-0.2, 0) is 0 Å². The first-order valence-electron chi connectivity index (χ1n) is 7.76. The molecular weight excluding hydrogens is 302 g/mol. The van der Waals surface area contributed by atoms with Crippen molar-refractivity contribution >= 4 is 5.91 Å². The van der Waals surface area contributed by atoms with Gasteiger partial charge in [0.1, 0.15) is 12.4 Å². The van der Waals surface area contributed by atoms with Crippen LogP contribution in [0, 0.1) is 0 Å². The molecule has 1 aromatic heterocycles. The van der Waals surface area contributed by atoms with Gasteiger partial charge in [0, 0.05) is 30.7 Å². The summed E-state index contributed by atoms with van der Waals surface area (Å²) in [7, 11) is 1.78. The van der Waals surface area contributed by atoms with Crippen LogP contribution in [0.15, 0.2) is 73.3 Å². The Kier molecular flexibility index (Phi) is 4.91. The van der Waals surface area contributed by atoms with Crippen LogP contribution >= 0.6 is 0 Å². The van der Waals surface area contributed by atoms with Gasteiger partial charge in [-0.3, -0.25) is 4.79 Å². The molecule has 0 saturated carbocycles. The Morgan fingerprint density at radius 2 is 1.88 bits per heavy atom. The Balaban J connectivity index is 1.55. The largest absolute Gasteiger partial charge is 0.492 e. The molecule has 5 heteroatoms. The smallest absolute Gasteiger partial charge is 0.253 e. The lowest BCUT2D eigenvalue weighted by Crippen LogP contribution is -2.30. The predicted molar refractivity (Wildman–Crippen MR) is 92.5 cm³/mol. The van der Waals surface area contributed by atoms with Crippen LogP contribution in [0.25, 0.3) is 5.69 Å². The van der Waals surface area contributed by atoms with Crippen LogP contribution in [-0.4, -0.2) is 40.6 Å². The normalized spacial score (nSPS) is 10.4. The molecule has 122 valence electrons. The number of ether oxygens (including phenoxy) is 1. The maximum atomic E-state index is 12.4. The van der Waals surface area contributed by atoms with E-state index < -0.39 is 0 Å². The summed E-state index contributed by atoms with van der Waals surface area (Å²) in [5.41, 5.74) is 1.63. The fourth-order valence-electron chi connectivity index (χ4n) is 2.33. The molecule has 1 heterocycles. The minimum absolute atomic E-state index is 0.0242. The van der Waals surface area contributed by atoms with Crippen molar-refractivity contribution in [2.75, 3.05) is 20.2 Å². The molecule has 0 unspecified atom stereocenters. The molecule has 0 spiro atoms. The van der Waals surface area contributed by atoms with E-state index in [9.17, 15) is 4.79 Å². The lowest BCUT2D eigenvalue weighted by Gasteiger charge is -2.17. The Hall–Kier alpha value is -3.08. The number of likely N-dealkylation sites (N-methyl/N-ethyl adjacent to an activating group) is 1. The molecule has 0 bridgehead atoms. The molecule has 0 fully saturated rings. The molecule has 0 N–H and O–H groups in total. The average molecular weight is 321 g/mol.